The Kier molecular flexibility index (Phi) is 31.2. The largest absolute Gasteiger partial charge is 0.381 e. The van der Waals surface area contributed by atoms with Crippen LogP contribution in [0.2, 0.25) is 0 Å². The van der Waals surface area contributed by atoms with E-state index in [4.69, 9.17) is 4.74 Å². The minimum Gasteiger partial charge on any atom is -0.381 e. The van der Waals surface area contributed by atoms with Crippen molar-refractivity contribution in [3.8, 4) is 0 Å². The van der Waals surface area contributed by atoms with Crippen LogP contribution < -0.4 is 5.32 Å². The monoisotopic (exact) mass is 534 g/mol. The highest BCUT2D eigenvalue weighted by molar-refractivity contribution is 5.75. The molecule has 1 amide bonds. The van der Waals surface area contributed by atoms with Crippen LogP contribution in [0.1, 0.15) is 168 Å². The highest BCUT2D eigenvalue weighted by Crippen LogP contribution is 2.17. The van der Waals surface area contributed by atoms with E-state index in [0.717, 1.165) is 32.5 Å². The summed E-state index contributed by atoms with van der Waals surface area (Å²) in [5.41, 5.74) is 0. The number of allylic oxidation sites excluding steroid dienone is 4. The van der Waals surface area contributed by atoms with Gasteiger partial charge >= 0.3 is 0 Å². The molecule has 0 radical (unpaired) electrons. The van der Waals surface area contributed by atoms with Gasteiger partial charge in [0.1, 0.15) is 0 Å². The van der Waals surface area contributed by atoms with Crippen molar-refractivity contribution in [2.24, 2.45) is 5.92 Å². The van der Waals surface area contributed by atoms with Gasteiger partial charge < -0.3 is 10.1 Å². The fraction of sp³-hybridized carbons (Fsp3) is 0.857. The van der Waals surface area contributed by atoms with Crippen molar-refractivity contribution in [1.82, 2.24) is 5.32 Å². The lowest BCUT2D eigenvalue weighted by molar-refractivity contribution is -0.122. The van der Waals surface area contributed by atoms with Crippen LogP contribution in [0.5, 0.6) is 0 Å². The second kappa shape index (κ2) is 32.1. The SMILES string of the molecule is CCCCCCCCC=CCC=CCCCCCCCCOCC(CCCCCCCCC)CC(=O)NC. The molecular weight excluding hydrogens is 466 g/mol. The molecule has 0 spiro atoms. The third-order valence-corrected chi connectivity index (χ3v) is 7.56. The Morgan fingerprint density at radius 3 is 1.63 bits per heavy atom. The lowest BCUT2D eigenvalue weighted by atomic mass is 9.97. The van der Waals surface area contributed by atoms with Crippen molar-refractivity contribution in [3.05, 3.63) is 24.3 Å². The highest BCUT2D eigenvalue weighted by atomic mass is 16.5. The Morgan fingerprint density at radius 1 is 0.632 bits per heavy atom. The number of carbonyl (C=O) groups is 1. The van der Waals surface area contributed by atoms with Gasteiger partial charge in [0.05, 0.1) is 0 Å². The first-order chi connectivity index (χ1) is 18.7. The summed E-state index contributed by atoms with van der Waals surface area (Å²) in [6.45, 7) is 6.13. The average Bonchev–Trinajstić information content (AvgIpc) is 2.93. The molecule has 0 aromatic carbocycles. The normalized spacial score (nSPS) is 12.6. The summed E-state index contributed by atoms with van der Waals surface area (Å²) in [5.74, 6) is 0.519. The van der Waals surface area contributed by atoms with Gasteiger partial charge in [-0.1, -0.05) is 141 Å². The summed E-state index contributed by atoms with van der Waals surface area (Å²) in [5, 5.41) is 2.78. The van der Waals surface area contributed by atoms with Gasteiger partial charge in [-0.25, -0.2) is 0 Å². The van der Waals surface area contributed by atoms with E-state index in [0.29, 0.717) is 12.3 Å². The lowest BCUT2D eigenvalue weighted by Gasteiger charge is -2.16. The van der Waals surface area contributed by atoms with E-state index >= 15 is 0 Å². The lowest BCUT2D eigenvalue weighted by Crippen LogP contribution is -2.23. The van der Waals surface area contributed by atoms with Gasteiger partial charge in [-0.3, -0.25) is 4.79 Å². The van der Waals surface area contributed by atoms with Gasteiger partial charge in [0.2, 0.25) is 5.91 Å². The predicted molar refractivity (Wildman–Crippen MR) is 169 cm³/mol. The zero-order valence-corrected chi connectivity index (χ0v) is 26.1. The average molecular weight is 534 g/mol. The van der Waals surface area contributed by atoms with Gasteiger partial charge in [-0.15, -0.1) is 0 Å². The maximum absolute atomic E-state index is 11.9. The number of hydrogen-bond acceptors (Lipinski definition) is 2. The minimum absolute atomic E-state index is 0.149. The molecule has 38 heavy (non-hydrogen) atoms. The molecule has 3 heteroatoms. The molecule has 0 bridgehead atoms. The van der Waals surface area contributed by atoms with Crippen LogP contribution in [0, 0.1) is 5.92 Å². The number of amides is 1. The van der Waals surface area contributed by atoms with Gasteiger partial charge in [-0.05, 0) is 50.9 Å². The van der Waals surface area contributed by atoms with Crippen LogP contribution in [0.25, 0.3) is 0 Å². The molecule has 1 unspecified atom stereocenters. The Labute approximate surface area is 239 Å². The molecule has 3 nitrogen and oxygen atoms in total. The van der Waals surface area contributed by atoms with Gasteiger partial charge in [0.25, 0.3) is 0 Å². The summed E-state index contributed by atoms with van der Waals surface area (Å²) >= 11 is 0. The first kappa shape index (κ1) is 36.9. The fourth-order valence-corrected chi connectivity index (χ4v) is 4.97. The van der Waals surface area contributed by atoms with Crippen molar-refractivity contribution >= 4 is 5.91 Å². The van der Waals surface area contributed by atoms with Crippen molar-refractivity contribution in [2.45, 2.75) is 168 Å². The molecule has 0 aliphatic rings. The summed E-state index contributed by atoms with van der Waals surface area (Å²) in [6, 6.07) is 0. The first-order valence-corrected chi connectivity index (χ1v) is 16.8. The number of hydrogen-bond donors (Lipinski definition) is 1. The molecule has 0 aromatic heterocycles. The van der Waals surface area contributed by atoms with Crippen molar-refractivity contribution in [3.63, 3.8) is 0 Å². The second-order valence-electron chi connectivity index (χ2n) is 11.4. The van der Waals surface area contributed by atoms with E-state index in [1.54, 1.807) is 7.05 Å². The summed E-state index contributed by atoms with van der Waals surface area (Å²) < 4.78 is 5.99. The van der Waals surface area contributed by atoms with Crippen LogP contribution in [0.4, 0.5) is 0 Å². The number of unbranched alkanes of at least 4 members (excludes halogenated alkanes) is 18. The van der Waals surface area contributed by atoms with Crippen LogP contribution in [-0.2, 0) is 9.53 Å². The molecule has 0 heterocycles. The maximum Gasteiger partial charge on any atom is 0.220 e. The molecule has 0 fully saturated rings. The Morgan fingerprint density at radius 2 is 1.11 bits per heavy atom. The van der Waals surface area contributed by atoms with E-state index < -0.39 is 0 Å². The molecule has 0 rings (SSSR count). The van der Waals surface area contributed by atoms with Gasteiger partial charge in [-0.2, -0.15) is 0 Å². The van der Waals surface area contributed by atoms with Gasteiger partial charge in [0.15, 0.2) is 0 Å². The van der Waals surface area contributed by atoms with Crippen molar-refractivity contribution in [1.29, 1.82) is 0 Å². The van der Waals surface area contributed by atoms with Crippen LogP contribution >= 0.6 is 0 Å². The molecule has 0 saturated carbocycles. The topological polar surface area (TPSA) is 38.3 Å². The molecule has 0 aliphatic carbocycles. The second-order valence-corrected chi connectivity index (χ2v) is 11.4. The molecule has 1 atom stereocenters. The number of ether oxygens (including phenoxy) is 1. The molecule has 224 valence electrons. The first-order valence-electron chi connectivity index (χ1n) is 16.8. The maximum atomic E-state index is 11.9. The molecule has 0 aliphatic heterocycles. The van der Waals surface area contributed by atoms with Crippen LogP contribution in [0.15, 0.2) is 24.3 Å². The van der Waals surface area contributed by atoms with E-state index in [-0.39, 0.29) is 5.91 Å². The standard InChI is InChI=1S/C35H67NO2/c1-4-6-8-10-12-13-14-15-16-17-18-19-20-21-22-23-25-27-29-31-38-33-34(32-35(37)36-3)30-28-26-24-11-9-7-5-2/h15-16,18-19,34H,4-14,17,20-33H2,1-3H3,(H,36,37). The third-order valence-electron chi connectivity index (χ3n) is 7.56. The number of nitrogens with one attached hydrogen (secondary N) is 1. The summed E-state index contributed by atoms with van der Waals surface area (Å²) in [7, 11) is 1.74. The molecule has 0 aromatic rings. The molecule has 1 N–H and O–H groups in total. The van der Waals surface area contributed by atoms with E-state index in [1.807, 2.05) is 0 Å². The molecular formula is C35H67NO2. The van der Waals surface area contributed by atoms with E-state index in [2.05, 4.69) is 43.5 Å². The Balaban J connectivity index is 3.57. The zero-order chi connectivity index (χ0) is 27.8. The highest BCUT2D eigenvalue weighted by Gasteiger charge is 2.13. The van der Waals surface area contributed by atoms with Crippen molar-refractivity contribution < 1.29 is 9.53 Å². The zero-order valence-electron chi connectivity index (χ0n) is 26.1. The quantitative estimate of drug-likeness (QED) is 0.0736. The minimum atomic E-state index is 0.149. The van der Waals surface area contributed by atoms with Crippen molar-refractivity contribution in [2.75, 3.05) is 20.3 Å². The van der Waals surface area contributed by atoms with Gasteiger partial charge in [0, 0.05) is 26.7 Å². The fourth-order valence-electron chi connectivity index (χ4n) is 4.97. The van der Waals surface area contributed by atoms with Crippen LogP contribution in [-0.4, -0.2) is 26.2 Å². The summed E-state index contributed by atoms with van der Waals surface area (Å²) in [4.78, 5) is 11.9. The van der Waals surface area contributed by atoms with E-state index in [1.165, 1.54) is 128 Å². The number of carbonyl (C=O) groups excluding carboxylic acids is 1. The number of rotatable bonds is 30. The Bertz CT molecular complexity index is 528. The van der Waals surface area contributed by atoms with Crippen LogP contribution in [0.3, 0.4) is 0 Å². The smallest absolute Gasteiger partial charge is 0.220 e. The Hall–Kier alpha value is -1.09. The van der Waals surface area contributed by atoms with E-state index in [9.17, 15) is 4.79 Å². The molecule has 0 saturated heterocycles. The predicted octanol–water partition coefficient (Wildman–Crippen LogP) is 10.9. The third kappa shape index (κ3) is 29.5. The summed E-state index contributed by atoms with van der Waals surface area (Å²) in [6.07, 6.45) is 40.0.